The van der Waals surface area contributed by atoms with Crippen molar-refractivity contribution in [2.45, 2.75) is 11.8 Å². The van der Waals surface area contributed by atoms with E-state index in [2.05, 4.69) is 25.0 Å². The van der Waals surface area contributed by atoms with Gasteiger partial charge in [-0.05, 0) is 55.5 Å². The predicted octanol–water partition coefficient (Wildman–Crippen LogP) is 4.39. The quantitative estimate of drug-likeness (QED) is 0.483. The highest BCUT2D eigenvalue weighted by molar-refractivity contribution is 7.92. The number of pyridine rings is 1. The maximum atomic E-state index is 12.6. The summed E-state index contributed by atoms with van der Waals surface area (Å²) in [6, 6.07) is 19.2. The molecule has 0 amide bonds. The van der Waals surface area contributed by atoms with Crippen molar-refractivity contribution in [2.24, 2.45) is 0 Å². The fraction of sp³-hybridized carbons (Fsp3) is 0.0455. The zero-order chi connectivity index (χ0) is 21.0. The largest absolute Gasteiger partial charge is 0.324 e. The first-order valence-electron chi connectivity index (χ1n) is 9.20. The van der Waals surface area contributed by atoms with Crippen LogP contribution in [0.15, 0.2) is 90.2 Å². The van der Waals surface area contributed by atoms with Crippen LogP contribution in [-0.4, -0.2) is 23.4 Å². The van der Waals surface area contributed by atoms with E-state index in [1.807, 2.05) is 25.1 Å². The molecule has 2 aromatic heterocycles. The van der Waals surface area contributed by atoms with Gasteiger partial charge in [-0.1, -0.05) is 23.8 Å². The van der Waals surface area contributed by atoms with E-state index in [9.17, 15) is 8.42 Å². The van der Waals surface area contributed by atoms with Crippen molar-refractivity contribution in [1.82, 2.24) is 15.0 Å². The summed E-state index contributed by atoms with van der Waals surface area (Å²) >= 11 is 0. The van der Waals surface area contributed by atoms with Gasteiger partial charge in [0.2, 0.25) is 5.95 Å². The van der Waals surface area contributed by atoms with Crippen LogP contribution >= 0.6 is 0 Å². The van der Waals surface area contributed by atoms with Crippen LogP contribution in [0.3, 0.4) is 0 Å². The third-order valence-electron chi connectivity index (χ3n) is 4.32. The first-order chi connectivity index (χ1) is 14.5. The summed E-state index contributed by atoms with van der Waals surface area (Å²) in [4.78, 5) is 13.0. The average molecular weight is 417 g/mol. The first kappa shape index (κ1) is 19.5. The second kappa shape index (κ2) is 8.30. The maximum Gasteiger partial charge on any atom is 0.261 e. The van der Waals surface area contributed by atoms with E-state index in [1.54, 1.807) is 67.1 Å². The molecule has 0 fully saturated rings. The van der Waals surface area contributed by atoms with Crippen molar-refractivity contribution < 1.29 is 8.42 Å². The molecule has 0 aliphatic rings. The lowest BCUT2D eigenvalue weighted by Gasteiger charge is -2.11. The van der Waals surface area contributed by atoms with Gasteiger partial charge >= 0.3 is 0 Å². The van der Waals surface area contributed by atoms with Crippen molar-refractivity contribution in [3.05, 3.63) is 90.9 Å². The minimum atomic E-state index is -3.68. The summed E-state index contributed by atoms with van der Waals surface area (Å²) in [6.07, 6.45) is 5.08. The Morgan fingerprint density at radius 1 is 0.867 bits per heavy atom. The molecule has 0 radical (unpaired) electrons. The smallest absolute Gasteiger partial charge is 0.261 e. The van der Waals surface area contributed by atoms with Gasteiger partial charge in [0.25, 0.3) is 10.0 Å². The molecule has 0 saturated carbocycles. The summed E-state index contributed by atoms with van der Waals surface area (Å²) in [6.45, 7) is 1.91. The lowest BCUT2D eigenvalue weighted by Crippen LogP contribution is -2.13. The van der Waals surface area contributed by atoms with E-state index in [0.29, 0.717) is 17.3 Å². The summed E-state index contributed by atoms with van der Waals surface area (Å²) in [7, 11) is -3.68. The van der Waals surface area contributed by atoms with Crippen LogP contribution in [0.1, 0.15) is 5.56 Å². The number of aromatic nitrogens is 3. The Morgan fingerprint density at radius 3 is 2.43 bits per heavy atom. The van der Waals surface area contributed by atoms with Crippen molar-refractivity contribution in [3.8, 4) is 11.3 Å². The normalized spacial score (nSPS) is 11.1. The van der Waals surface area contributed by atoms with Gasteiger partial charge in [0.15, 0.2) is 0 Å². The van der Waals surface area contributed by atoms with Crippen LogP contribution in [0.4, 0.5) is 17.3 Å². The third kappa shape index (κ3) is 4.61. The van der Waals surface area contributed by atoms with Crippen molar-refractivity contribution in [3.63, 3.8) is 0 Å². The highest BCUT2D eigenvalue weighted by Crippen LogP contribution is 2.23. The number of rotatable bonds is 6. The Labute approximate surface area is 174 Å². The topological polar surface area (TPSA) is 96.9 Å². The molecule has 0 aliphatic carbocycles. The van der Waals surface area contributed by atoms with E-state index in [1.165, 1.54) is 0 Å². The van der Waals surface area contributed by atoms with E-state index in [4.69, 9.17) is 0 Å². The minimum Gasteiger partial charge on any atom is -0.324 e. The van der Waals surface area contributed by atoms with Gasteiger partial charge < -0.3 is 5.32 Å². The standard InChI is InChI=1S/C22H19N5O2S/c1-16-7-9-20(10-8-16)30(28,29)27-19-6-2-5-18(14-19)25-22-24-13-11-21(26-22)17-4-3-12-23-15-17/h2-15,27H,1H3,(H,24,25,26). The van der Waals surface area contributed by atoms with E-state index in [-0.39, 0.29) is 4.90 Å². The molecule has 8 heteroatoms. The summed E-state index contributed by atoms with van der Waals surface area (Å²) in [5.74, 6) is 0.398. The molecule has 0 spiro atoms. The molecular formula is C22H19N5O2S. The van der Waals surface area contributed by atoms with Crippen LogP contribution in [0, 0.1) is 6.92 Å². The lowest BCUT2D eigenvalue weighted by atomic mass is 10.2. The first-order valence-corrected chi connectivity index (χ1v) is 10.7. The molecule has 7 nitrogen and oxygen atoms in total. The Balaban J connectivity index is 1.54. The summed E-state index contributed by atoms with van der Waals surface area (Å²) in [5.41, 5.74) is 3.69. The molecule has 2 N–H and O–H groups in total. The van der Waals surface area contributed by atoms with Crippen LogP contribution in [0.25, 0.3) is 11.3 Å². The molecule has 0 atom stereocenters. The second-order valence-corrected chi connectivity index (χ2v) is 8.31. The fourth-order valence-electron chi connectivity index (χ4n) is 2.82. The molecule has 0 bridgehead atoms. The van der Waals surface area contributed by atoms with Gasteiger partial charge in [-0.2, -0.15) is 0 Å². The Kier molecular flexibility index (Phi) is 5.40. The number of hydrogen-bond donors (Lipinski definition) is 2. The van der Waals surface area contributed by atoms with Crippen molar-refractivity contribution in [1.29, 1.82) is 0 Å². The molecular weight excluding hydrogens is 398 g/mol. The zero-order valence-corrected chi connectivity index (χ0v) is 17.0. The highest BCUT2D eigenvalue weighted by Gasteiger charge is 2.14. The van der Waals surface area contributed by atoms with Crippen LogP contribution in [0.2, 0.25) is 0 Å². The molecule has 2 heterocycles. The lowest BCUT2D eigenvalue weighted by molar-refractivity contribution is 0.601. The third-order valence-corrected chi connectivity index (χ3v) is 5.71. The van der Waals surface area contributed by atoms with Crippen LogP contribution in [0.5, 0.6) is 0 Å². The second-order valence-electron chi connectivity index (χ2n) is 6.63. The van der Waals surface area contributed by atoms with Gasteiger partial charge in [0.05, 0.1) is 16.3 Å². The van der Waals surface area contributed by atoms with Gasteiger partial charge in [-0.15, -0.1) is 0 Å². The van der Waals surface area contributed by atoms with Crippen LogP contribution in [-0.2, 0) is 10.0 Å². The Morgan fingerprint density at radius 2 is 1.67 bits per heavy atom. The molecule has 2 aromatic carbocycles. The Hall–Kier alpha value is -3.78. The van der Waals surface area contributed by atoms with E-state index in [0.717, 1.165) is 16.8 Å². The molecule has 4 rings (SSSR count). The maximum absolute atomic E-state index is 12.6. The monoisotopic (exact) mass is 417 g/mol. The summed E-state index contributed by atoms with van der Waals surface area (Å²) < 4.78 is 27.8. The number of sulfonamides is 1. The SMILES string of the molecule is Cc1ccc(S(=O)(=O)Nc2cccc(Nc3nccc(-c4cccnc4)n3)c2)cc1. The molecule has 4 aromatic rings. The number of nitrogens with one attached hydrogen (secondary N) is 2. The molecule has 30 heavy (non-hydrogen) atoms. The number of aryl methyl sites for hydroxylation is 1. The van der Waals surface area contributed by atoms with Gasteiger partial charge in [0.1, 0.15) is 0 Å². The molecule has 0 saturated heterocycles. The fourth-order valence-corrected chi connectivity index (χ4v) is 3.86. The number of nitrogens with zero attached hydrogens (tertiary/aromatic N) is 3. The predicted molar refractivity (Wildman–Crippen MR) is 117 cm³/mol. The van der Waals surface area contributed by atoms with Crippen LogP contribution < -0.4 is 10.0 Å². The van der Waals surface area contributed by atoms with Gasteiger partial charge in [-0.3, -0.25) is 9.71 Å². The number of anilines is 3. The molecule has 150 valence electrons. The average Bonchev–Trinajstić information content (AvgIpc) is 2.75. The van der Waals surface area contributed by atoms with E-state index < -0.39 is 10.0 Å². The summed E-state index contributed by atoms with van der Waals surface area (Å²) in [5, 5.41) is 3.11. The number of hydrogen-bond acceptors (Lipinski definition) is 6. The van der Waals surface area contributed by atoms with E-state index >= 15 is 0 Å². The zero-order valence-electron chi connectivity index (χ0n) is 16.1. The van der Waals surface area contributed by atoms with Crippen molar-refractivity contribution >= 4 is 27.3 Å². The van der Waals surface area contributed by atoms with Gasteiger partial charge in [-0.25, -0.2) is 18.4 Å². The van der Waals surface area contributed by atoms with Gasteiger partial charge in [0, 0.05) is 29.8 Å². The Bertz CT molecular complexity index is 1260. The number of benzene rings is 2. The van der Waals surface area contributed by atoms with Crippen molar-refractivity contribution in [2.75, 3.05) is 10.0 Å². The highest BCUT2D eigenvalue weighted by atomic mass is 32.2. The molecule has 0 aliphatic heterocycles. The molecule has 0 unspecified atom stereocenters. The minimum absolute atomic E-state index is 0.207.